The molecule has 7 heteroatoms. The predicted octanol–water partition coefficient (Wildman–Crippen LogP) is 3.46. The first-order valence-electron chi connectivity index (χ1n) is 6.40. The summed E-state index contributed by atoms with van der Waals surface area (Å²) >= 11 is 5.92. The third kappa shape index (κ3) is 2.56. The van der Waals surface area contributed by atoms with Crippen LogP contribution in [0.5, 0.6) is 0 Å². The van der Waals surface area contributed by atoms with Gasteiger partial charge in [-0.25, -0.2) is 4.98 Å². The molecule has 3 rings (SSSR count). The van der Waals surface area contributed by atoms with E-state index in [1.807, 2.05) is 0 Å². The second-order valence-corrected chi connectivity index (χ2v) is 5.33. The van der Waals surface area contributed by atoms with E-state index in [1.165, 1.54) is 12.1 Å². The number of aromatic amines is 1. The Hall–Kier alpha value is -2.73. The van der Waals surface area contributed by atoms with Gasteiger partial charge in [0.2, 0.25) is 0 Å². The van der Waals surface area contributed by atoms with Gasteiger partial charge >= 0.3 is 0 Å². The lowest BCUT2D eigenvalue weighted by Crippen LogP contribution is -2.09. The van der Waals surface area contributed by atoms with Gasteiger partial charge in [-0.2, -0.15) is 0 Å². The van der Waals surface area contributed by atoms with E-state index < -0.39 is 4.92 Å². The van der Waals surface area contributed by atoms with E-state index in [9.17, 15) is 14.9 Å². The number of nitrogens with zero attached hydrogens (tertiary/aromatic N) is 2. The van der Waals surface area contributed by atoms with E-state index in [2.05, 4.69) is 9.97 Å². The number of non-ortho nitro benzene ring substituents is 1. The molecule has 0 fully saturated rings. The van der Waals surface area contributed by atoms with Crippen LogP contribution in [0.2, 0.25) is 5.02 Å². The van der Waals surface area contributed by atoms with Gasteiger partial charge in [0.25, 0.3) is 11.2 Å². The van der Waals surface area contributed by atoms with Crippen LogP contribution >= 0.6 is 11.6 Å². The van der Waals surface area contributed by atoms with Crippen molar-refractivity contribution in [2.75, 3.05) is 0 Å². The fraction of sp³-hybridized carbons (Fsp3) is 0.0667. The summed E-state index contributed by atoms with van der Waals surface area (Å²) in [5.41, 5.74) is 1.25. The molecule has 0 radical (unpaired) electrons. The van der Waals surface area contributed by atoms with Crippen molar-refractivity contribution in [1.29, 1.82) is 0 Å². The second kappa shape index (κ2) is 5.23. The summed E-state index contributed by atoms with van der Waals surface area (Å²) < 4.78 is 0. The third-order valence-electron chi connectivity index (χ3n) is 3.21. The number of aryl methyl sites for hydroxylation is 1. The van der Waals surface area contributed by atoms with Crippen molar-refractivity contribution < 1.29 is 4.92 Å². The maximum absolute atomic E-state index is 12.1. The molecule has 0 saturated carbocycles. The molecular formula is C15H10ClN3O3. The lowest BCUT2D eigenvalue weighted by Gasteiger charge is -2.05. The summed E-state index contributed by atoms with van der Waals surface area (Å²) in [7, 11) is 0. The molecule has 0 unspecified atom stereocenters. The number of nitro benzene ring substituents is 1. The number of halogens is 1. The molecule has 22 heavy (non-hydrogen) atoms. The molecule has 1 N–H and O–H groups in total. The van der Waals surface area contributed by atoms with Gasteiger partial charge in [-0.15, -0.1) is 0 Å². The molecule has 1 heterocycles. The molecule has 2 aromatic carbocycles. The minimum Gasteiger partial charge on any atom is -0.306 e. The number of H-pyrrole nitrogens is 1. The summed E-state index contributed by atoms with van der Waals surface area (Å²) in [5.74, 6) is 0.270. The van der Waals surface area contributed by atoms with Crippen molar-refractivity contribution in [3.63, 3.8) is 0 Å². The van der Waals surface area contributed by atoms with Crippen molar-refractivity contribution in [3.8, 4) is 11.4 Å². The summed E-state index contributed by atoms with van der Waals surface area (Å²) in [6.45, 7) is 1.74. The van der Waals surface area contributed by atoms with E-state index in [0.29, 0.717) is 27.1 Å². The first-order valence-corrected chi connectivity index (χ1v) is 6.78. The Kier molecular flexibility index (Phi) is 3.38. The first-order chi connectivity index (χ1) is 10.4. The molecule has 3 aromatic rings. The van der Waals surface area contributed by atoms with Gasteiger partial charge in [-0.3, -0.25) is 14.9 Å². The Morgan fingerprint density at radius 1 is 1.23 bits per heavy atom. The van der Waals surface area contributed by atoms with Gasteiger partial charge in [0.15, 0.2) is 0 Å². The number of nitrogens with one attached hydrogen (secondary N) is 1. The molecular weight excluding hydrogens is 306 g/mol. The highest BCUT2D eigenvalue weighted by Gasteiger charge is 2.12. The van der Waals surface area contributed by atoms with Gasteiger partial charge in [-0.05, 0) is 36.8 Å². The summed E-state index contributed by atoms with van der Waals surface area (Å²) in [5, 5.41) is 11.8. The third-order valence-corrected chi connectivity index (χ3v) is 3.45. The molecule has 110 valence electrons. The van der Waals surface area contributed by atoms with Gasteiger partial charge in [0.05, 0.1) is 15.8 Å². The number of rotatable bonds is 2. The van der Waals surface area contributed by atoms with Crippen LogP contribution in [0.15, 0.2) is 41.2 Å². The van der Waals surface area contributed by atoms with Crippen LogP contribution < -0.4 is 5.56 Å². The topological polar surface area (TPSA) is 88.9 Å². The van der Waals surface area contributed by atoms with Gasteiger partial charge in [0, 0.05) is 22.7 Å². The van der Waals surface area contributed by atoms with E-state index in [1.54, 1.807) is 31.2 Å². The minimum absolute atomic E-state index is 0.0520. The highest BCUT2D eigenvalue weighted by atomic mass is 35.5. The zero-order valence-electron chi connectivity index (χ0n) is 11.5. The van der Waals surface area contributed by atoms with Crippen LogP contribution in [0.4, 0.5) is 5.69 Å². The summed E-state index contributed by atoms with van der Waals surface area (Å²) in [6, 6.07) is 9.34. The van der Waals surface area contributed by atoms with Crippen LogP contribution in [0.3, 0.4) is 0 Å². The highest BCUT2D eigenvalue weighted by molar-refractivity contribution is 6.31. The molecule has 0 amide bonds. The van der Waals surface area contributed by atoms with Gasteiger partial charge < -0.3 is 4.98 Å². The standard InChI is InChI=1S/C15H10ClN3O3/c1-8-4-9(6-11(5-8)19(21)22)14-17-13-7-10(16)2-3-12(13)15(20)18-14/h2-7H,1H3,(H,17,18,20). The quantitative estimate of drug-likeness (QED) is 0.579. The van der Waals surface area contributed by atoms with Crippen molar-refractivity contribution in [3.05, 3.63) is 67.5 Å². The SMILES string of the molecule is Cc1cc(-c2nc3cc(Cl)ccc3c(=O)[nH]2)cc([N+](=O)[O-])c1. The summed E-state index contributed by atoms with van der Waals surface area (Å²) in [4.78, 5) is 29.6. The molecule has 0 spiro atoms. The highest BCUT2D eigenvalue weighted by Crippen LogP contribution is 2.24. The molecule has 0 aliphatic rings. The molecule has 6 nitrogen and oxygen atoms in total. The Balaban J connectivity index is 2.26. The van der Waals surface area contributed by atoms with Gasteiger partial charge in [-0.1, -0.05) is 11.6 Å². The first kappa shape index (κ1) is 14.2. The van der Waals surface area contributed by atoms with E-state index in [4.69, 9.17) is 11.6 Å². The van der Waals surface area contributed by atoms with Gasteiger partial charge in [0.1, 0.15) is 5.82 Å². The number of hydrogen-bond acceptors (Lipinski definition) is 4. The molecule has 1 aromatic heterocycles. The fourth-order valence-corrected chi connectivity index (χ4v) is 2.42. The van der Waals surface area contributed by atoms with Crippen LogP contribution in [0.25, 0.3) is 22.3 Å². The maximum Gasteiger partial charge on any atom is 0.270 e. The zero-order valence-corrected chi connectivity index (χ0v) is 12.2. The number of hydrogen-bond donors (Lipinski definition) is 1. The fourth-order valence-electron chi connectivity index (χ4n) is 2.25. The van der Waals surface area contributed by atoms with Crippen molar-refractivity contribution in [1.82, 2.24) is 9.97 Å². The lowest BCUT2D eigenvalue weighted by atomic mass is 10.1. The normalized spacial score (nSPS) is 10.8. The smallest absolute Gasteiger partial charge is 0.270 e. The number of aromatic nitrogens is 2. The van der Waals surface area contributed by atoms with Crippen LogP contribution in [-0.4, -0.2) is 14.9 Å². The zero-order chi connectivity index (χ0) is 15.9. The average Bonchev–Trinajstić information content (AvgIpc) is 2.45. The molecule has 0 aliphatic heterocycles. The Bertz CT molecular complexity index is 966. The van der Waals surface area contributed by atoms with E-state index >= 15 is 0 Å². The Morgan fingerprint density at radius 3 is 2.73 bits per heavy atom. The summed E-state index contributed by atoms with van der Waals surface area (Å²) in [6.07, 6.45) is 0. The van der Waals surface area contributed by atoms with E-state index in [0.717, 1.165) is 0 Å². The van der Waals surface area contributed by atoms with E-state index in [-0.39, 0.29) is 17.1 Å². The van der Waals surface area contributed by atoms with Crippen LogP contribution in [0, 0.1) is 17.0 Å². The average molecular weight is 316 g/mol. The van der Waals surface area contributed by atoms with Crippen molar-refractivity contribution in [2.45, 2.75) is 6.92 Å². The number of benzene rings is 2. The monoisotopic (exact) mass is 315 g/mol. The molecule has 0 atom stereocenters. The number of fused-ring (bicyclic) bond motifs is 1. The Labute approximate surface area is 129 Å². The van der Waals surface area contributed by atoms with Crippen molar-refractivity contribution in [2.24, 2.45) is 0 Å². The minimum atomic E-state index is -0.480. The lowest BCUT2D eigenvalue weighted by molar-refractivity contribution is -0.384. The molecule has 0 aliphatic carbocycles. The van der Waals surface area contributed by atoms with Crippen LogP contribution in [0.1, 0.15) is 5.56 Å². The van der Waals surface area contributed by atoms with Crippen LogP contribution in [-0.2, 0) is 0 Å². The second-order valence-electron chi connectivity index (χ2n) is 4.89. The molecule has 0 bridgehead atoms. The Morgan fingerprint density at radius 2 is 2.00 bits per heavy atom. The number of nitro groups is 1. The predicted molar refractivity (Wildman–Crippen MR) is 84.2 cm³/mol. The molecule has 0 saturated heterocycles. The maximum atomic E-state index is 12.1. The van der Waals surface area contributed by atoms with Crippen molar-refractivity contribution >= 4 is 28.2 Å². The largest absolute Gasteiger partial charge is 0.306 e.